The SMILES string of the molecule is CCC(C)(C)C(=O)C(=O)N1CCCCC1COC(CC(=O)C(C)C=C(C)C(O)C(OC)C(=O)C(C)CC(C)C=CC=CC=C(C)C(CC1CCC(C)C(=O)O1)OC)C(C)CC1CCC(O)C(OC)C1. The molecular formula is C56H91NO12. The molecule has 3 fully saturated rings. The molecule has 0 radical (unpaired) electrons. The molecular weight excluding hydrogens is 879 g/mol. The summed E-state index contributed by atoms with van der Waals surface area (Å²) in [4.78, 5) is 68.4. The number of ketones is 3. The number of aliphatic hydroxyl groups excluding tert-OH is 2. The highest BCUT2D eigenvalue weighted by atomic mass is 16.5. The third-order valence-corrected chi connectivity index (χ3v) is 15.4. The molecule has 1 amide bonds. The van der Waals surface area contributed by atoms with Crippen molar-refractivity contribution in [1.29, 1.82) is 0 Å². The molecule has 3 rings (SSSR count). The highest BCUT2D eigenvalue weighted by molar-refractivity contribution is 6.38. The number of Topliss-reactive ketones (excluding diaryl/α,β-unsaturated/α-hetero) is 3. The molecule has 2 N–H and O–H groups in total. The number of hydrogen-bond acceptors (Lipinski definition) is 12. The van der Waals surface area contributed by atoms with E-state index in [2.05, 4.69) is 6.92 Å². The average molecular weight is 970 g/mol. The van der Waals surface area contributed by atoms with Crippen LogP contribution >= 0.6 is 0 Å². The third kappa shape index (κ3) is 18.3. The van der Waals surface area contributed by atoms with Crippen molar-refractivity contribution < 1.29 is 57.9 Å². The van der Waals surface area contributed by atoms with Gasteiger partial charge in [-0.05, 0) is 113 Å². The van der Waals surface area contributed by atoms with Crippen molar-refractivity contribution >= 4 is 29.2 Å². The van der Waals surface area contributed by atoms with Crippen LogP contribution in [0.5, 0.6) is 0 Å². The first-order valence-corrected chi connectivity index (χ1v) is 26.0. The van der Waals surface area contributed by atoms with Crippen LogP contribution in [0.1, 0.15) is 153 Å². The number of rotatable bonds is 28. The predicted molar refractivity (Wildman–Crippen MR) is 269 cm³/mol. The maximum atomic E-state index is 14.1. The van der Waals surface area contributed by atoms with Crippen LogP contribution in [0.4, 0.5) is 0 Å². The van der Waals surface area contributed by atoms with E-state index in [0.29, 0.717) is 50.6 Å². The number of cyclic esters (lactones) is 1. The molecule has 0 spiro atoms. The minimum absolute atomic E-state index is 0.0476. The van der Waals surface area contributed by atoms with Crippen LogP contribution in [0.2, 0.25) is 0 Å². The first-order valence-electron chi connectivity index (χ1n) is 26.0. The van der Waals surface area contributed by atoms with E-state index in [9.17, 15) is 34.2 Å². The first kappa shape index (κ1) is 60.0. The summed E-state index contributed by atoms with van der Waals surface area (Å²) in [5, 5.41) is 22.0. The van der Waals surface area contributed by atoms with Crippen LogP contribution in [0.3, 0.4) is 0 Å². The molecule has 392 valence electrons. The maximum Gasteiger partial charge on any atom is 0.308 e. The number of likely N-dealkylation sites (tertiary alicyclic amines) is 1. The molecule has 1 aliphatic carbocycles. The number of hydrogen-bond donors (Lipinski definition) is 2. The Kier molecular flexibility index (Phi) is 25.4. The molecule has 0 aromatic carbocycles. The lowest BCUT2D eigenvalue weighted by atomic mass is 9.78. The van der Waals surface area contributed by atoms with Gasteiger partial charge in [0.1, 0.15) is 24.1 Å². The van der Waals surface area contributed by atoms with Gasteiger partial charge in [-0.15, -0.1) is 0 Å². The number of carbonyl (C=O) groups is 5. The van der Waals surface area contributed by atoms with Gasteiger partial charge in [-0.3, -0.25) is 24.0 Å². The Bertz CT molecular complexity index is 1780. The third-order valence-electron chi connectivity index (χ3n) is 15.4. The van der Waals surface area contributed by atoms with Crippen molar-refractivity contribution in [2.24, 2.45) is 40.9 Å². The van der Waals surface area contributed by atoms with E-state index in [1.807, 2.05) is 65.0 Å². The quantitative estimate of drug-likeness (QED) is 0.0330. The van der Waals surface area contributed by atoms with Crippen LogP contribution in [-0.4, -0.2) is 128 Å². The Morgan fingerprint density at radius 2 is 1.62 bits per heavy atom. The zero-order valence-corrected chi connectivity index (χ0v) is 44.6. The van der Waals surface area contributed by atoms with E-state index < -0.39 is 53.4 Å². The van der Waals surface area contributed by atoms with E-state index in [1.165, 1.54) is 7.11 Å². The largest absolute Gasteiger partial charge is 0.462 e. The van der Waals surface area contributed by atoms with E-state index in [-0.39, 0.29) is 78.6 Å². The number of amides is 1. The van der Waals surface area contributed by atoms with E-state index in [1.54, 1.807) is 52.9 Å². The minimum atomic E-state index is -1.26. The summed E-state index contributed by atoms with van der Waals surface area (Å²) in [6, 6.07) is -0.286. The number of nitrogens with zero attached hydrogens (tertiary/aromatic N) is 1. The predicted octanol–water partition coefficient (Wildman–Crippen LogP) is 8.91. The van der Waals surface area contributed by atoms with Gasteiger partial charge in [-0.1, -0.05) is 91.8 Å². The Morgan fingerprint density at radius 1 is 0.913 bits per heavy atom. The molecule has 2 aliphatic heterocycles. The second kappa shape index (κ2) is 29.3. The number of allylic oxidation sites excluding steroid dienone is 6. The average Bonchev–Trinajstić information content (AvgIpc) is 3.32. The Labute approximate surface area is 415 Å². The van der Waals surface area contributed by atoms with Gasteiger partial charge >= 0.3 is 5.97 Å². The van der Waals surface area contributed by atoms with Crippen LogP contribution in [0, 0.1) is 40.9 Å². The second-order valence-electron chi connectivity index (χ2n) is 21.5. The summed E-state index contributed by atoms with van der Waals surface area (Å²) in [6.07, 6.45) is 16.5. The molecule has 1 saturated carbocycles. The van der Waals surface area contributed by atoms with Gasteiger partial charge in [0.2, 0.25) is 5.78 Å². The topological polar surface area (TPSA) is 175 Å². The highest BCUT2D eigenvalue weighted by Crippen LogP contribution is 2.34. The molecule has 3 aliphatic rings. The lowest BCUT2D eigenvalue weighted by molar-refractivity contribution is -0.161. The number of aliphatic hydroxyl groups is 2. The fourth-order valence-electron chi connectivity index (χ4n) is 10.1. The molecule has 0 aromatic rings. The van der Waals surface area contributed by atoms with Gasteiger partial charge in [0.15, 0.2) is 5.78 Å². The second-order valence-corrected chi connectivity index (χ2v) is 21.5. The van der Waals surface area contributed by atoms with Crippen molar-refractivity contribution in [2.75, 3.05) is 34.5 Å². The van der Waals surface area contributed by atoms with Gasteiger partial charge < -0.3 is 38.8 Å². The van der Waals surface area contributed by atoms with Gasteiger partial charge in [0, 0.05) is 58.0 Å². The van der Waals surface area contributed by atoms with Gasteiger partial charge in [0.05, 0.1) is 43.0 Å². The lowest BCUT2D eigenvalue weighted by Gasteiger charge is -2.38. The normalized spacial score (nSPS) is 26.8. The van der Waals surface area contributed by atoms with Crippen molar-refractivity contribution in [3.05, 3.63) is 47.6 Å². The zero-order valence-electron chi connectivity index (χ0n) is 44.6. The van der Waals surface area contributed by atoms with Crippen LogP contribution < -0.4 is 0 Å². The fourth-order valence-corrected chi connectivity index (χ4v) is 10.1. The number of ether oxygens (including phenoxy) is 5. The lowest BCUT2D eigenvalue weighted by Crippen LogP contribution is -2.51. The molecule has 0 bridgehead atoms. The summed E-state index contributed by atoms with van der Waals surface area (Å²) >= 11 is 0. The first-order chi connectivity index (χ1) is 32.6. The highest BCUT2D eigenvalue weighted by Gasteiger charge is 2.39. The standard InChI is InChI=1S/C56H91NO12/c1-14-56(9,10)53(62)54(63)57-27-19-18-22-43(57)34-68-48(39(6)30-42-24-26-45(58)49(31-42)66-12)33-46(59)38(5)29-41(8)51(61)52(67-13)50(60)40(7)28-35(2)20-16-15-17-21-36(3)47(65-11)32-44-25-23-37(4)55(64)69-44/h15-17,20-21,29,35,37-40,42-45,47-49,51-52,58,61H,14,18-19,22-28,30-34H2,1-13H3. The van der Waals surface area contributed by atoms with Crippen molar-refractivity contribution in [3.8, 4) is 0 Å². The summed E-state index contributed by atoms with van der Waals surface area (Å²) in [6.45, 7) is 19.5. The smallest absolute Gasteiger partial charge is 0.308 e. The number of methoxy groups -OCH3 is 3. The molecule has 69 heavy (non-hydrogen) atoms. The monoisotopic (exact) mass is 970 g/mol. The van der Waals surface area contributed by atoms with Crippen LogP contribution in [0.15, 0.2) is 47.6 Å². The molecule has 2 saturated heterocycles. The van der Waals surface area contributed by atoms with Crippen molar-refractivity contribution in [3.63, 3.8) is 0 Å². The molecule has 14 atom stereocenters. The molecule has 13 nitrogen and oxygen atoms in total. The maximum absolute atomic E-state index is 14.1. The van der Waals surface area contributed by atoms with Gasteiger partial charge in [-0.2, -0.15) is 0 Å². The zero-order chi connectivity index (χ0) is 51.6. The van der Waals surface area contributed by atoms with Crippen molar-refractivity contribution in [2.45, 2.75) is 201 Å². The summed E-state index contributed by atoms with van der Waals surface area (Å²) in [5.41, 5.74) is 0.722. The van der Waals surface area contributed by atoms with Gasteiger partial charge in [-0.25, -0.2) is 0 Å². The van der Waals surface area contributed by atoms with E-state index in [4.69, 9.17) is 23.7 Å². The molecule has 13 heteroatoms. The van der Waals surface area contributed by atoms with Crippen molar-refractivity contribution in [1.82, 2.24) is 4.90 Å². The Hall–Kier alpha value is -3.33. The Balaban J connectivity index is 1.65. The van der Waals surface area contributed by atoms with Crippen LogP contribution in [0.25, 0.3) is 0 Å². The fraction of sp³-hybridized carbons (Fsp3) is 0.768. The number of piperidine rings is 1. The van der Waals surface area contributed by atoms with Gasteiger partial charge in [0.25, 0.3) is 5.91 Å². The van der Waals surface area contributed by atoms with E-state index in [0.717, 1.165) is 44.1 Å². The molecule has 14 unspecified atom stereocenters. The molecule has 2 heterocycles. The summed E-state index contributed by atoms with van der Waals surface area (Å²) in [5.74, 6) is -2.12. The molecule has 0 aromatic heterocycles. The summed E-state index contributed by atoms with van der Waals surface area (Å²) < 4.78 is 29.2. The van der Waals surface area contributed by atoms with Crippen LogP contribution in [-0.2, 0) is 47.7 Å². The Morgan fingerprint density at radius 3 is 2.26 bits per heavy atom. The van der Waals surface area contributed by atoms with E-state index >= 15 is 0 Å². The number of esters is 1. The number of carbonyl (C=O) groups excluding carboxylic acids is 5. The summed E-state index contributed by atoms with van der Waals surface area (Å²) in [7, 11) is 4.69. The minimum Gasteiger partial charge on any atom is -0.462 e.